The molecule has 2 aromatic carbocycles. The number of nitro groups is 1. The van der Waals surface area contributed by atoms with E-state index in [2.05, 4.69) is 4.98 Å². The SMILES string of the molecule is Cc1ccc(C(O)Cn2ccnc2-c2ccc([N+](=O)[O-])cc2)cc1. The maximum Gasteiger partial charge on any atom is 0.269 e. The summed E-state index contributed by atoms with van der Waals surface area (Å²) in [6.45, 7) is 2.36. The lowest BCUT2D eigenvalue weighted by Crippen LogP contribution is -2.09. The lowest BCUT2D eigenvalue weighted by Gasteiger charge is -2.14. The van der Waals surface area contributed by atoms with E-state index in [9.17, 15) is 15.2 Å². The smallest absolute Gasteiger partial charge is 0.269 e. The number of aryl methyl sites for hydroxylation is 1. The van der Waals surface area contributed by atoms with Gasteiger partial charge in [0.05, 0.1) is 17.6 Å². The molecule has 6 nitrogen and oxygen atoms in total. The van der Waals surface area contributed by atoms with E-state index < -0.39 is 11.0 Å². The number of aliphatic hydroxyl groups excluding tert-OH is 1. The van der Waals surface area contributed by atoms with Crippen molar-refractivity contribution >= 4 is 5.69 Å². The monoisotopic (exact) mass is 323 g/mol. The molecule has 6 heteroatoms. The minimum atomic E-state index is -0.656. The molecule has 1 N–H and O–H groups in total. The Balaban J connectivity index is 1.82. The highest BCUT2D eigenvalue weighted by Gasteiger charge is 2.13. The van der Waals surface area contributed by atoms with Crippen LogP contribution in [0.5, 0.6) is 0 Å². The molecule has 1 aromatic heterocycles. The fraction of sp³-hybridized carbons (Fsp3) is 0.167. The molecule has 0 amide bonds. The number of hydrogen-bond acceptors (Lipinski definition) is 4. The first-order chi connectivity index (χ1) is 11.5. The molecule has 0 saturated heterocycles. The lowest BCUT2D eigenvalue weighted by molar-refractivity contribution is -0.384. The van der Waals surface area contributed by atoms with Gasteiger partial charge in [0.1, 0.15) is 5.82 Å². The summed E-state index contributed by atoms with van der Waals surface area (Å²) < 4.78 is 1.84. The number of nitrogens with zero attached hydrogens (tertiary/aromatic N) is 3. The van der Waals surface area contributed by atoms with Gasteiger partial charge in [-0.25, -0.2) is 4.98 Å². The standard InChI is InChI=1S/C18H17N3O3/c1-13-2-4-14(5-3-13)17(22)12-20-11-10-19-18(20)15-6-8-16(9-7-15)21(23)24/h2-11,17,22H,12H2,1H3. The molecule has 0 radical (unpaired) electrons. The summed E-state index contributed by atoms with van der Waals surface area (Å²) in [6, 6.07) is 14.0. The van der Waals surface area contributed by atoms with Crippen LogP contribution in [0.2, 0.25) is 0 Å². The predicted molar refractivity (Wildman–Crippen MR) is 90.5 cm³/mol. The van der Waals surface area contributed by atoms with E-state index >= 15 is 0 Å². The molecule has 0 fully saturated rings. The van der Waals surface area contributed by atoms with E-state index in [0.717, 1.165) is 16.7 Å². The number of rotatable bonds is 5. The maximum atomic E-state index is 10.7. The van der Waals surface area contributed by atoms with Crippen LogP contribution >= 0.6 is 0 Å². The molecular formula is C18H17N3O3. The van der Waals surface area contributed by atoms with Crippen molar-refractivity contribution in [1.29, 1.82) is 0 Å². The number of hydrogen-bond donors (Lipinski definition) is 1. The molecule has 0 aliphatic carbocycles. The largest absolute Gasteiger partial charge is 0.387 e. The van der Waals surface area contributed by atoms with Gasteiger partial charge in [-0.1, -0.05) is 29.8 Å². The molecular weight excluding hydrogens is 306 g/mol. The van der Waals surface area contributed by atoms with Crippen molar-refractivity contribution in [2.45, 2.75) is 19.6 Å². The van der Waals surface area contributed by atoms with E-state index in [0.29, 0.717) is 12.4 Å². The average molecular weight is 323 g/mol. The summed E-state index contributed by atoms with van der Waals surface area (Å²) in [5, 5.41) is 21.2. The van der Waals surface area contributed by atoms with Crippen LogP contribution in [0.1, 0.15) is 17.2 Å². The number of aromatic nitrogens is 2. The zero-order valence-corrected chi connectivity index (χ0v) is 13.2. The van der Waals surface area contributed by atoms with Crippen LogP contribution in [-0.4, -0.2) is 19.6 Å². The summed E-state index contributed by atoms with van der Waals surface area (Å²) in [5.74, 6) is 0.663. The van der Waals surface area contributed by atoms with Crippen molar-refractivity contribution in [3.05, 3.63) is 82.2 Å². The fourth-order valence-corrected chi connectivity index (χ4v) is 2.53. The minimum Gasteiger partial charge on any atom is -0.387 e. The number of nitro benzene ring substituents is 1. The van der Waals surface area contributed by atoms with Gasteiger partial charge >= 0.3 is 0 Å². The Morgan fingerprint density at radius 3 is 2.46 bits per heavy atom. The first-order valence-electron chi connectivity index (χ1n) is 7.55. The summed E-state index contributed by atoms with van der Waals surface area (Å²) in [6.07, 6.45) is 2.78. The average Bonchev–Trinajstić information content (AvgIpc) is 3.03. The highest BCUT2D eigenvalue weighted by atomic mass is 16.6. The Kier molecular flexibility index (Phi) is 4.39. The fourth-order valence-electron chi connectivity index (χ4n) is 2.53. The number of non-ortho nitro benzene ring substituents is 1. The Bertz CT molecular complexity index is 839. The number of imidazole rings is 1. The van der Waals surface area contributed by atoms with Gasteiger partial charge in [0.25, 0.3) is 5.69 Å². The van der Waals surface area contributed by atoms with Crippen molar-refractivity contribution in [3.8, 4) is 11.4 Å². The Labute approximate surface area is 139 Å². The minimum absolute atomic E-state index is 0.0385. The number of benzene rings is 2. The topological polar surface area (TPSA) is 81.2 Å². The van der Waals surface area contributed by atoms with E-state index in [1.165, 1.54) is 12.1 Å². The van der Waals surface area contributed by atoms with Crippen LogP contribution in [0.15, 0.2) is 60.9 Å². The summed E-state index contributed by atoms with van der Waals surface area (Å²) in [5.41, 5.74) is 2.78. The molecule has 3 aromatic rings. The van der Waals surface area contributed by atoms with Crippen LogP contribution in [0.4, 0.5) is 5.69 Å². The van der Waals surface area contributed by atoms with Gasteiger partial charge in [-0.3, -0.25) is 10.1 Å². The quantitative estimate of drug-likeness (QED) is 0.575. The first kappa shape index (κ1) is 15.9. The maximum absolute atomic E-state index is 10.7. The van der Waals surface area contributed by atoms with Gasteiger partial charge in [0.15, 0.2) is 0 Å². The van der Waals surface area contributed by atoms with Crippen LogP contribution in [0.25, 0.3) is 11.4 Å². The van der Waals surface area contributed by atoms with E-state index in [1.807, 2.05) is 35.8 Å². The molecule has 1 heterocycles. The van der Waals surface area contributed by atoms with Gasteiger partial charge in [-0.15, -0.1) is 0 Å². The summed E-state index contributed by atoms with van der Waals surface area (Å²) in [7, 11) is 0. The second-order valence-corrected chi connectivity index (χ2v) is 5.63. The molecule has 0 aliphatic rings. The summed E-state index contributed by atoms with van der Waals surface area (Å²) in [4.78, 5) is 14.6. The van der Waals surface area contributed by atoms with E-state index in [1.54, 1.807) is 24.5 Å². The van der Waals surface area contributed by atoms with E-state index in [4.69, 9.17) is 0 Å². The van der Waals surface area contributed by atoms with Gasteiger partial charge in [-0.05, 0) is 24.6 Å². The second-order valence-electron chi connectivity index (χ2n) is 5.63. The van der Waals surface area contributed by atoms with Crippen molar-refractivity contribution in [1.82, 2.24) is 9.55 Å². The second kappa shape index (κ2) is 6.64. The molecule has 0 bridgehead atoms. The van der Waals surface area contributed by atoms with Crippen LogP contribution < -0.4 is 0 Å². The third-order valence-electron chi connectivity index (χ3n) is 3.88. The Hall–Kier alpha value is -2.99. The molecule has 3 rings (SSSR count). The first-order valence-corrected chi connectivity index (χ1v) is 7.55. The molecule has 1 unspecified atom stereocenters. The Morgan fingerprint density at radius 2 is 1.83 bits per heavy atom. The third-order valence-corrected chi connectivity index (χ3v) is 3.88. The van der Waals surface area contributed by atoms with Gasteiger partial charge in [0, 0.05) is 30.1 Å². The third kappa shape index (κ3) is 3.33. The molecule has 0 spiro atoms. The number of aliphatic hydroxyl groups is 1. The predicted octanol–water partition coefficient (Wildman–Crippen LogP) is 3.50. The van der Waals surface area contributed by atoms with Crippen LogP contribution in [0.3, 0.4) is 0 Å². The van der Waals surface area contributed by atoms with Crippen molar-refractivity contribution in [3.63, 3.8) is 0 Å². The molecule has 0 aliphatic heterocycles. The molecule has 24 heavy (non-hydrogen) atoms. The van der Waals surface area contributed by atoms with Gasteiger partial charge in [-0.2, -0.15) is 0 Å². The zero-order chi connectivity index (χ0) is 17.1. The normalized spacial score (nSPS) is 12.1. The highest BCUT2D eigenvalue weighted by Crippen LogP contribution is 2.23. The highest BCUT2D eigenvalue weighted by molar-refractivity contribution is 5.57. The Morgan fingerprint density at radius 1 is 1.17 bits per heavy atom. The van der Waals surface area contributed by atoms with Crippen molar-refractivity contribution < 1.29 is 10.0 Å². The van der Waals surface area contributed by atoms with Crippen molar-refractivity contribution in [2.24, 2.45) is 0 Å². The lowest BCUT2D eigenvalue weighted by atomic mass is 10.1. The van der Waals surface area contributed by atoms with Crippen LogP contribution in [-0.2, 0) is 6.54 Å². The zero-order valence-electron chi connectivity index (χ0n) is 13.2. The molecule has 122 valence electrons. The van der Waals surface area contributed by atoms with Crippen LogP contribution in [0, 0.1) is 17.0 Å². The molecule has 1 atom stereocenters. The van der Waals surface area contributed by atoms with Gasteiger partial charge in [0.2, 0.25) is 0 Å². The summed E-state index contributed by atoms with van der Waals surface area (Å²) >= 11 is 0. The van der Waals surface area contributed by atoms with E-state index in [-0.39, 0.29) is 5.69 Å². The van der Waals surface area contributed by atoms with Gasteiger partial charge < -0.3 is 9.67 Å². The molecule has 0 saturated carbocycles. The van der Waals surface area contributed by atoms with Crippen molar-refractivity contribution in [2.75, 3.05) is 0 Å².